The van der Waals surface area contributed by atoms with Crippen molar-refractivity contribution in [2.75, 3.05) is 12.3 Å². The maximum absolute atomic E-state index is 13.7. The van der Waals surface area contributed by atoms with Gasteiger partial charge < -0.3 is 15.4 Å². The number of hydrogen-bond donors (Lipinski definition) is 1. The molecule has 2 fully saturated rings. The van der Waals surface area contributed by atoms with Gasteiger partial charge in [-0.15, -0.1) is 0 Å². The summed E-state index contributed by atoms with van der Waals surface area (Å²) in [6.07, 6.45) is 5.84. The van der Waals surface area contributed by atoms with E-state index in [1.54, 1.807) is 35.2 Å². The van der Waals surface area contributed by atoms with Gasteiger partial charge in [-0.1, -0.05) is 24.3 Å². The summed E-state index contributed by atoms with van der Waals surface area (Å²) >= 11 is 0. The molecule has 6 rings (SSSR count). The molecular weight excluding hydrogens is 482 g/mol. The van der Waals surface area contributed by atoms with E-state index in [9.17, 15) is 14.9 Å². The molecule has 0 bridgehead atoms. The number of likely N-dealkylation sites (tertiary alicyclic amines) is 1. The van der Waals surface area contributed by atoms with Gasteiger partial charge in [0.05, 0.1) is 11.7 Å². The second-order valence-electron chi connectivity index (χ2n) is 9.54. The molecule has 1 aliphatic carbocycles. The fourth-order valence-corrected chi connectivity index (χ4v) is 4.71. The lowest BCUT2D eigenvalue weighted by molar-refractivity contribution is -0.134. The van der Waals surface area contributed by atoms with Crippen LogP contribution >= 0.6 is 0 Å². The molecule has 0 unspecified atom stereocenters. The summed E-state index contributed by atoms with van der Waals surface area (Å²) in [5, 5.41) is 9.50. The lowest BCUT2D eigenvalue weighted by atomic mass is 10.0. The van der Waals surface area contributed by atoms with Gasteiger partial charge in [-0.2, -0.15) is 5.26 Å². The first-order chi connectivity index (χ1) is 18.5. The molecule has 0 radical (unpaired) electrons. The topological polar surface area (TPSA) is 132 Å². The molecule has 10 heteroatoms. The first kappa shape index (κ1) is 23.5. The van der Waals surface area contributed by atoms with Crippen molar-refractivity contribution in [1.82, 2.24) is 24.0 Å². The number of para-hydroxylation sites is 1. The van der Waals surface area contributed by atoms with Crippen LogP contribution in [0.1, 0.15) is 19.3 Å². The highest BCUT2D eigenvalue weighted by Gasteiger charge is 2.36. The monoisotopic (exact) mass is 507 g/mol. The number of nitrogens with zero attached hydrogens (tertiary/aromatic N) is 6. The number of amides is 1. The number of ether oxygens (including phenoxy) is 1. The van der Waals surface area contributed by atoms with Crippen LogP contribution in [0.4, 0.5) is 5.82 Å². The van der Waals surface area contributed by atoms with Crippen molar-refractivity contribution < 1.29 is 9.53 Å². The number of imidazole rings is 1. The molecule has 2 aliphatic rings. The van der Waals surface area contributed by atoms with Gasteiger partial charge in [-0.25, -0.2) is 14.8 Å². The second-order valence-corrected chi connectivity index (χ2v) is 9.54. The minimum absolute atomic E-state index is 0.177. The Morgan fingerprint density at radius 1 is 1.08 bits per heavy atom. The SMILES string of the molecule is N#C/C(=C\C1CC1)C(=O)N1CC[C@H]1Cn1c(=O)n(-c2ccc(Oc3ccccc3)cc2)c2c(N)ncnc21. The number of nitriles is 1. The van der Waals surface area contributed by atoms with E-state index in [2.05, 4.69) is 16.0 Å². The number of allylic oxidation sites excluding steroid dienone is 1. The van der Waals surface area contributed by atoms with E-state index in [-0.39, 0.29) is 35.6 Å². The summed E-state index contributed by atoms with van der Waals surface area (Å²) in [6.45, 7) is 0.780. The van der Waals surface area contributed by atoms with Crippen LogP contribution in [0.5, 0.6) is 11.5 Å². The summed E-state index contributed by atoms with van der Waals surface area (Å²) in [5.41, 5.74) is 7.43. The second kappa shape index (κ2) is 9.52. The number of carbonyl (C=O) groups is 1. The standard InChI is InChI=1S/C28H25N7O3/c29-15-19(14-18-6-7-18)27(36)33-13-12-21(33)16-34-26-24(25(30)31-17-32-26)35(28(34)37)20-8-10-23(11-9-20)38-22-4-2-1-3-5-22/h1-5,8-11,14,17-18,21H,6-7,12-13,16H2,(H2,30,31,32)/b19-14+/t21-/m0/s1. The maximum atomic E-state index is 13.7. The van der Waals surface area contributed by atoms with Crippen molar-refractivity contribution in [2.45, 2.75) is 31.8 Å². The van der Waals surface area contributed by atoms with E-state index in [0.717, 1.165) is 19.3 Å². The molecule has 1 aliphatic heterocycles. The smallest absolute Gasteiger partial charge is 0.335 e. The van der Waals surface area contributed by atoms with Crippen LogP contribution in [0.25, 0.3) is 16.9 Å². The third kappa shape index (κ3) is 4.28. The molecule has 2 aromatic heterocycles. The number of nitrogens with two attached hydrogens (primary N) is 1. The van der Waals surface area contributed by atoms with Gasteiger partial charge in [0.15, 0.2) is 11.5 Å². The van der Waals surface area contributed by atoms with E-state index < -0.39 is 0 Å². The first-order valence-electron chi connectivity index (χ1n) is 12.5. The quantitative estimate of drug-likeness (QED) is 0.299. The average molecular weight is 508 g/mol. The van der Waals surface area contributed by atoms with Gasteiger partial charge in [0.25, 0.3) is 5.91 Å². The fourth-order valence-electron chi connectivity index (χ4n) is 4.71. The normalized spacial score (nSPS) is 17.2. The number of carbonyl (C=O) groups excluding carboxylic acids is 1. The number of benzene rings is 2. The summed E-state index contributed by atoms with van der Waals surface area (Å²) in [7, 11) is 0. The lowest BCUT2D eigenvalue weighted by Gasteiger charge is -2.40. The summed E-state index contributed by atoms with van der Waals surface area (Å²) in [5.74, 6) is 1.54. The fraction of sp³-hybridized carbons (Fsp3) is 0.250. The number of anilines is 1. The predicted octanol–water partition coefficient (Wildman–Crippen LogP) is 3.42. The highest BCUT2D eigenvalue weighted by atomic mass is 16.5. The highest BCUT2D eigenvalue weighted by molar-refractivity contribution is 5.98. The van der Waals surface area contributed by atoms with Gasteiger partial charge in [0.2, 0.25) is 0 Å². The molecular formula is C28H25N7O3. The zero-order chi connectivity index (χ0) is 26.2. The Kier molecular flexibility index (Phi) is 5.88. The van der Waals surface area contributed by atoms with Gasteiger partial charge in [0.1, 0.15) is 35.0 Å². The van der Waals surface area contributed by atoms with Gasteiger partial charge >= 0.3 is 5.69 Å². The van der Waals surface area contributed by atoms with E-state index >= 15 is 0 Å². The van der Waals surface area contributed by atoms with Crippen LogP contribution in [0.15, 0.2) is 77.4 Å². The molecule has 2 aromatic carbocycles. The van der Waals surface area contributed by atoms with Crippen LogP contribution in [0.3, 0.4) is 0 Å². The Bertz CT molecular complexity index is 1640. The largest absolute Gasteiger partial charge is 0.457 e. The van der Waals surface area contributed by atoms with Gasteiger partial charge in [-0.05, 0) is 61.6 Å². The molecule has 4 aromatic rings. The molecule has 1 amide bonds. The minimum atomic E-state index is -0.336. The van der Waals surface area contributed by atoms with Crippen LogP contribution in [0.2, 0.25) is 0 Å². The van der Waals surface area contributed by atoms with Crippen LogP contribution in [0, 0.1) is 17.2 Å². The predicted molar refractivity (Wildman–Crippen MR) is 141 cm³/mol. The lowest BCUT2D eigenvalue weighted by Crippen LogP contribution is -2.54. The minimum Gasteiger partial charge on any atom is -0.457 e. The molecule has 1 saturated carbocycles. The Morgan fingerprint density at radius 2 is 1.82 bits per heavy atom. The Labute approximate surface area is 218 Å². The molecule has 1 atom stereocenters. The van der Waals surface area contributed by atoms with Crippen LogP contribution in [-0.2, 0) is 11.3 Å². The third-order valence-corrected chi connectivity index (χ3v) is 6.98. The van der Waals surface area contributed by atoms with Gasteiger partial charge in [-0.3, -0.25) is 13.9 Å². The molecule has 1 saturated heterocycles. The molecule has 3 heterocycles. The summed E-state index contributed by atoms with van der Waals surface area (Å²) < 4.78 is 8.89. The van der Waals surface area contributed by atoms with Crippen LogP contribution < -0.4 is 16.2 Å². The number of nitrogen functional groups attached to an aromatic ring is 1. The number of aromatic nitrogens is 4. The molecule has 38 heavy (non-hydrogen) atoms. The Hall–Kier alpha value is -4.91. The molecule has 10 nitrogen and oxygen atoms in total. The highest BCUT2D eigenvalue weighted by Crippen LogP contribution is 2.32. The van der Waals surface area contributed by atoms with Gasteiger partial charge in [0, 0.05) is 13.1 Å². The van der Waals surface area contributed by atoms with Crippen molar-refractivity contribution in [3.8, 4) is 23.3 Å². The Balaban J connectivity index is 1.31. The van der Waals surface area contributed by atoms with Crippen molar-refractivity contribution in [2.24, 2.45) is 5.92 Å². The van der Waals surface area contributed by atoms with E-state index in [1.807, 2.05) is 30.3 Å². The maximum Gasteiger partial charge on any atom is 0.335 e. The summed E-state index contributed by atoms with van der Waals surface area (Å²) in [6, 6.07) is 18.3. The van der Waals surface area contributed by atoms with E-state index in [0.29, 0.717) is 40.8 Å². The first-order valence-corrected chi connectivity index (χ1v) is 12.5. The van der Waals surface area contributed by atoms with E-state index in [4.69, 9.17) is 10.5 Å². The number of rotatable bonds is 7. The van der Waals surface area contributed by atoms with Crippen molar-refractivity contribution in [3.05, 3.63) is 83.1 Å². The molecule has 2 N–H and O–H groups in total. The van der Waals surface area contributed by atoms with Crippen molar-refractivity contribution in [3.63, 3.8) is 0 Å². The zero-order valence-electron chi connectivity index (χ0n) is 20.5. The van der Waals surface area contributed by atoms with E-state index in [1.165, 1.54) is 15.5 Å². The average Bonchev–Trinajstić information content (AvgIpc) is 3.69. The third-order valence-electron chi connectivity index (χ3n) is 6.98. The molecule has 190 valence electrons. The number of hydrogen-bond acceptors (Lipinski definition) is 7. The van der Waals surface area contributed by atoms with Crippen LogP contribution in [-0.4, -0.2) is 42.5 Å². The zero-order valence-corrected chi connectivity index (χ0v) is 20.5. The van der Waals surface area contributed by atoms with Crippen molar-refractivity contribution in [1.29, 1.82) is 5.26 Å². The Morgan fingerprint density at radius 3 is 2.47 bits per heavy atom. The van der Waals surface area contributed by atoms with Crippen molar-refractivity contribution >= 4 is 22.9 Å². The summed E-state index contributed by atoms with van der Waals surface area (Å²) in [4.78, 5) is 36.8. The number of fused-ring (bicyclic) bond motifs is 1. The molecule has 0 spiro atoms.